The van der Waals surface area contributed by atoms with Crippen molar-refractivity contribution in [1.29, 1.82) is 0 Å². The fourth-order valence-corrected chi connectivity index (χ4v) is 4.87. The van der Waals surface area contributed by atoms with Crippen LogP contribution >= 0.6 is 0 Å². The highest BCUT2D eigenvalue weighted by atomic mass is 16.2. The minimum absolute atomic E-state index is 0.0886. The predicted molar refractivity (Wildman–Crippen MR) is 144 cm³/mol. The molecule has 1 aliphatic rings. The summed E-state index contributed by atoms with van der Waals surface area (Å²) in [5, 5.41) is 4.59. The highest BCUT2D eigenvalue weighted by Crippen LogP contribution is 2.23. The largest absolute Gasteiger partial charge is 0.368 e. The lowest BCUT2D eigenvalue weighted by atomic mass is 10.0. The molecule has 1 fully saturated rings. The monoisotopic (exact) mass is 483 g/mol. The first-order chi connectivity index (χ1) is 17.4. The third kappa shape index (κ3) is 4.78. The van der Waals surface area contributed by atoms with E-state index in [-0.39, 0.29) is 11.5 Å². The Balaban J connectivity index is 1.23. The third-order valence-corrected chi connectivity index (χ3v) is 7.13. The molecule has 1 saturated heterocycles. The van der Waals surface area contributed by atoms with Gasteiger partial charge < -0.3 is 14.4 Å². The van der Waals surface area contributed by atoms with Crippen molar-refractivity contribution in [3.8, 4) is 11.3 Å². The van der Waals surface area contributed by atoms with Gasteiger partial charge in [0.15, 0.2) is 0 Å². The minimum Gasteiger partial charge on any atom is -0.368 e. The average molecular weight is 484 g/mol. The quantitative estimate of drug-likeness (QED) is 0.410. The molecule has 0 atom stereocenters. The number of benzene rings is 2. The van der Waals surface area contributed by atoms with Crippen LogP contribution in [0.5, 0.6) is 0 Å². The molecular weight excluding hydrogens is 450 g/mol. The smallest absolute Gasteiger partial charge is 0.276 e. The van der Waals surface area contributed by atoms with Gasteiger partial charge in [-0.05, 0) is 36.1 Å². The molecule has 3 heterocycles. The van der Waals surface area contributed by atoms with Crippen molar-refractivity contribution in [1.82, 2.24) is 19.1 Å². The van der Waals surface area contributed by atoms with E-state index in [0.29, 0.717) is 37.5 Å². The zero-order valence-electron chi connectivity index (χ0n) is 21.2. The molecule has 0 unspecified atom stereocenters. The number of rotatable bonds is 6. The molecule has 7 nitrogen and oxygen atoms in total. The number of aryl methyl sites for hydroxylation is 2. The first-order valence-electron chi connectivity index (χ1n) is 12.7. The van der Waals surface area contributed by atoms with E-state index >= 15 is 0 Å². The second-order valence-electron chi connectivity index (χ2n) is 9.84. The molecule has 7 heteroatoms. The summed E-state index contributed by atoms with van der Waals surface area (Å²) in [6.07, 6.45) is 3.81. The Labute approximate surface area is 211 Å². The van der Waals surface area contributed by atoms with Gasteiger partial charge in [0, 0.05) is 62.8 Å². The molecule has 36 heavy (non-hydrogen) atoms. The van der Waals surface area contributed by atoms with Gasteiger partial charge in [0.2, 0.25) is 5.91 Å². The summed E-state index contributed by atoms with van der Waals surface area (Å²) in [7, 11) is 0. The maximum atomic E-state index is 13.1. The van der Waals surface area contributed by atoms with Crippen LogP contribution in [0.25, 0.3) is 16.8 Å². The number of para-hydroxylation sites is 1. The Hall–Kier alpha value is -3.87. The van der Waals surface area contributed by atoms with Gasteiger partial charge in [-0.15, -0.1) is 0 Å². The molecule has 2 aromatic carbocycles. The van der Waals surface area contributed by atoms with Crippen LogP contribution in [0.4, 0.5) is 5.69 Å². The summed E-state index contributed by atoms with van der Waals surface area (Å²) < 4.78 is 3.24. The van der Waals surface area contributed by atoms with Crippen LogP contribution < -0.4 is 10.5 Å². The Morgan fingerprint density at radius 2 is 1.69 bits per heavy atom. The Morgan fingerprint density at radius 3 is 2.39 bits per heavy atom. The van der Waals surface area contributed by atoms with Crippen molar-refractivity contribution in [3.63, 3.8) is 0 Å². The second kappa shape index (κ2) is 10.0. The lowest BCUT2D eigenvalue weighted by Crippen LogP contribution is -2.49. The van der Waals surface area contributed by atoms with Gasteiger partial charge in [0.1, 0.15) is 5.52 Å². The molecule has 1 amide bonds. The van der Waals surface area contributed by atoms with E-state index in [1.165, 1.54) is 16.8 Å². The molecular formula is C29H33N5O2. The molecule has 0 aliphatic carbocycles. The van der Waals surface area contributed by atoms with Gasteiger partial charge >= 0.3 is 0 Å². The number of amides is 1. The summed E-state index contributed by atoms with van der Waals surface area (Å²) in [4.78, 5) is 30.3. The number of nitrogens with zero attached hydrogens (tertiary/aromatic N) is 5. The van der Waals surface area contributed by atoms with E-state index in [1.807, 2.05) is 29.2 Å². The third-order valence-electron chi connectivity index (χ3n) is 7.13. The second-order valence-corrected chi connectivity index (χ2v) is 9.84. The van der Waals surface area contributed by atoms with Crippen molar-refractivity contribution in [3.05, 3.63) is 88.5 Å². The first-order valence-corrected chi connectivity index (χ1v) is 12.7. The number of piperazine rings is 1. The Bertz CT molecular complexity index is 1430. The van der Waals surface area contributed by atoms with E-state index < -0.39 is 0 Å². The van der Waals surface area contributed by atoms with Gasteiger partial charge in [-0.3, -0.25) is 9.59 Å². The highest BCUT2D eigenvalue weighted by molar-refractivity contribution is 5.76. The summed E-state index contributed by atoms with van der Waals surface area (Å²) in [5.41, 5.74) is 5.89. The first kappa shape index (κ1) is 23.9. The predicted octanol–water partition coefficient (Wildman–Crippen LogP) is 4.33. The lowest BCUT2D eigenvalue weighted by Gasteiger charge is -2.37. The number of carbonyl (C=O) groups is 1. The molecule has 1 aliphatic heterocycles. The maximum Gasteiger partial charge on any atom is 0.276 e. The molecule has 4 aromatic rings. The molecule has 0 spiro atoms. The summed E-state index contributed by atoms with van der Waals surface area (Å²) >= 11 is 0. The van der Waals surface area contributed by atoms with Gasteiger partial charge in [0.25, 0.3) is 5.56 Å². The van der Waals surface area contributed by atoms with E-state index in [1.54, 1.807) is 21.5 Å². The number of carbonyl (C=O) groups excluding carboxylic acids is 1. The van der Waals surface area contributed by atoms with Gasteiger partial charge in [-0.25, -0.2) is 4.52 Å². The van der Waals surface area contributed by atoms with Crippen molar-refractivity contribution < 1.29 is 4.79 Å². The van der Waals surface area contributed by atoms with E-state index in [0.717, 1.165) is 24.3 Å². The van der Waals surface area contributed by atoms with Crippen molar-refractivity contribution in [2.24, 2.45) is 0 Å². The number of hydrogen-bond acceptors (Lipinski definition) is 4. The van der Waals surface area contributed by atoms with Crippen LogP contribution in [0.2, 0.25) is 0 Å². The summed E-state index contributed by atoms with van der Waals surface area (Å²) in [6.45, 7) is 9.84. The number of aromatic nitrogens is 3. The van der Waals surface area contributed by atoms with E-state index in [9.17, 15) is 9.59 Å². The highest BCUT2D eigenvalue weighted by Gasteiger charge is 2.22. The Morgan fingerprint density at radius 1 is 0.972 bits per heavy atom. The zero-order chi connectivity index (χ0) is 25.2. The normalized spacial score (nSPS) is 14.1. The fraction of sp³-hybridized carbons (Fsp3) is 0.345. The fourth-order valence-electron chi connectivity index (χ4n) is 4.87. The summed E-state index contributed by atoms with van der Waals surface area (Å²) in [5.74, 6) is 0.553. The topological polar surface area (TPSA) is 62.9 Å². The van der Waals surface area contributed by atoms with Crippen LogP contribution in [-0.4, -0.2) is 51.2 Å². The van der Waals surface area contributed by atoms with Gasteiger partial charge in [-0.1, -0.05) is 56.3 Å². The van der Waals surface area contributed by atoms with Crippen LogP contribution in [0.15, 0.2) is 71.8 Å². The molecule has 0 bridgehead atoms. The average Bonchev–Trinajstić information content (AvgIpc) is 3.34. The standard InChI is InChI=1S/C29H33N5O2/c1-21(2)23-8-10-24(11-9-23)25-20-27-29(36)33(18-19-34(27)30-25)13-12-28(35)32-16-14-31(15-17-32)26-7-5-4-6-22(26)3/h4-11,18-21H,12-17H2,1-3H3. The number of hydrogen-bond donors (Lipinski definition) is 0. The van der Waals surface area contributed by atoms with Gasteiger partial charge in [0.05, 0.1) is 5.69 Å². The van der Waals surface area contributed by atoms with Crippen LogP contribution in [-0.2, 0) is 11.3 Å². The molecule has 5 rings (SSSR count). The van der Waals surface area contributed by atoms with Crippen LogP contribution in [0.1, 0.15) is 37.3 Å². The number of anilines is 1. The maximum absolute atomic E-state index is 13.1. The SMILES string of the molecule is Cc1ccccc1N1CCN(C(=O)CCn2ccn3nc(-c4ccc(C(C)C)cc4)cc3c2=O)CC1. The van der Waals surface area contributed by atoms with Crippen LogP contribution in [0.3, 0.4) is 0 Å². The van der Waals surface area contributed by atoms with E-state index in [2.05, 4.69) is 61.1 Å². The molecule has 186 valence electrons. The van der Waals surface area contributed by atoms with E-state index in [4.69, 9.17) is 0 Å². The Kier molecular flexibility index (Phi) is 6.63. The van der Waals surface area contributed by atoms with Crippen molar-refractivity contribution in [2.45, 2.75) is 39.7 Å². The van der Waals surface area contributed by atoms with Gasteiger partial charge in [-0.2, -0.15) is 5.10 Å². The number of fused-ring (bicyclic) bond motifs is 1. The minimum atomic E-state index is -0.132. The van der Waals surface area contributed by atoms with Crippen molar-refractivity contribution >= 4 is 17.1 Å². The van der Waals surface area contributed by atoms with Crippen LogP contribution in [0, 0.1) is 6.92 Å². The summed E-state index contributed by atoms with van der Waals surface area (Å²) in [6, 6.07) is 18.5. The molecule has 0 saturated carbocycles. The zero-order valence-corrected chi connectivity index (χ0v) is 21.2. The molecule has 2 aromatic heterocycles. The lowest BCUT2D eigenvalue weighted by molar-refractivity contribution is -0.131. The van der Waals surface area contributed by atoms with Crippen molar-refractivity contribution in [2.75, 3.05) is 31.1 Å². The molecule has 0 radical (unpaired) electrons. The molecule has 0 N–H and O–H groups in total.